The molecule has 0 amide bonds. The Morgan fingerprint density at radius 1 is 0.500 bits per heavy atom. The molecule has 5 aromatic carbocycles. The summed E-state index contributed by atoms with van der Waals surface area (Å²) >= 11 is 0. The standard InChI is InChI=1S/C43H47BN2/c1-28-22-38-40-39(23-28)46(33-25-30(42(5,6)7)24-31(26-33)43(8,9)10)37-21-20-29(41(2,3)4)27-35(37)44(40)34-18-14-15-19-36(34)45(38)32-16-12-11-13-17-32/h11-27H,1-10H3/i11D,12D,13D,14D,15D,16D,17D,18D,19D. The van der Waals surface area contributed by atoms with Crippen LogP contribution in [-0.4, -0.2) is 6.71 Å². The smallest absolute Gasteiger partial charge is 0.252 e. The third-order valence-electron chi connectivity index (χ3n) is 9.32. The zero-order valence-electron chi connectivity index (χ0n) is 37.6. The van der Waals surface area contributed by atoms with Crippen LogP contribution in [0.15, 0.2) is 103 Å². The van der Waals surface area contributed by atoms with Crippen LogP contribution >= 0.6 is 0 Å². The van der Waals surface area contributed by atoms with Crippen LogP contribution in [0.2, 0.25) is 0 Å². The van der Waals surface area contributed by atoms with Crippen molar-refractivity contribution in [1.29, 1.82) is 0 Å². The largest absolute Gasteiger partial charge is 0.311 e. The van der Waals surface area contributed by atoms with Crippen LogP contribution in [0, 0.1) is 6.92 Å². The van der Waals surface area contributed by atoms with E-state index in [4.69, 9.17) is 9.60 Å². The average Bonchev–Trinajstić information content (AvgIpc) is 3.10. The predicted octanol–water partition coefficient (Wildman–Crippen LogP) is 9.97. The highest BCUT2D eigenvalue weighted by Crippen LogP contribution is 2.46. The van der Waals surface area contributed by atoms with Gasteiger partial charge in [-0.2, -0.15) is 0 Å². The summed E-state index contributed by atoms with van der Waals surface area (Å²) in [4.78, 5) is 3.74. The lowest BCUT2D eigenvalue weighted by atomic mass is 9.33. The van der Waals surface area contributed by atoms with Gasteiger partial charge in [-0.1, -0.05) is 117 Å². The van der Waals surface area contributed by atoms with E-state index in [9.17, 15) is 2.74 Å². The van der Waals surface area contributed by atoms with Crippen molar-refractivity contribution in [3.05, 3.63) is 125 Å². The highest BCUT2D eigenvalue weighted by molar-refractivity contribution is 7.00. The maximum absolute atomic E-state index is 9.50. The van der Waals surface area contributed by atoms with E-state index in [0.29, 0.717) is 11.2 Å². The van der Waals surface area contributed by atoms with Crippen molar-refractivity contribution in [1.82, 2.24) is 0 Å². The van der Waals surface area contributed by atoms with Crippen LogP contribution in [0.1, 0.15) is 96.9 Å². The van der Waals surface area contributed by atoms with Gasteiger partial charge >= 0.3 is 0 Å². The fourth-order valence-electron chi connectivity index (χ4n) is 6.76. The van der Waals surface area contributed by atoms with Crippen LogP contribution in [0.3, 0.4) is 0 Å². The van der Waals surface area contributed by atoms with Gasteiger partial charge in [-0.25, -0.2) is 0 Å². The van der Waals surface area contributed by atoms with Crippen molar-refractivity contribution in [3.63, 3.8) is 0 Å². The van der Waals surface area contributed by atoms with Gasteiger partial charge in [0.15, 0.2) is 0 Å². The van der Waals surface area contributed by atoms with Gasteiger partial charge in [-0.3, -0.25) is 0 Å². The second-order valence-corrected chi connectivity index (χ2v) is 15.8. The van der Waals surface area contributed by atoms with Gasteiger partial charge in [-0.05, 0) is 110 Å². The van der Waals surface area contributed by atoms with E-state index in [1.807, 2.05) is 13.0 Å². The van der Waals surface area contributed by atoms with Crippen LogP contribution < -0.4 is 26.2 Å². The van der Waals surface area contributed by atoms with Crippen molar-refractivity contribution >= 4 is 57.2 Å². The topological polar surface area (TPSA) is 6.48 Å². The molecule has 2 aliphatic heterocycles. The Morgan fingerprint density at radius 3 is 1.63 bits per heavy atom. The Morgan fingerprint density at radius 2 is 1.04 bits per heavy atom. The van der Waals surface area contributed by atoms with E-state index in [2.05, 4.69) is 110 Å². The number of anilines is 6. The summed E-state index contributed by atoms with van der Waals surface area (Å²) in [7, 11) is 0. The van der Waals surface area contributed by atoms with Gasteiger partial charge in [0, 0.05) is 34.1 Å². The molecule has 0 fully saturated rings. The van der Waals surface area contributed by atoms with Gasteiger partial charge in [0.05, 0.1) is 12.3 Å². The first-order valence-electron chi connectivity index (χ1n) is 20.6. The Labute approximate surface area is 289 Å². The molecule has 0 unspecified atom stereocenters. The monoisotopic (exact) mass is 611 g/mol. The summed E-state index contributed by atoms with van der Waals surface area (Å²) in [6.07, 6.45) is 0. The van der Waals surface area contributed by atoms with Crippen molar-refractivity contribution in [2.45, 2.75) is 85.5 Å². The molecule has 2 nitrogen and oxygen atoms in total. The Hall–Kier alpha value is -4.24. The minimum Gasteiger partial charge on any atom is -0.311 e. The number of fused-ring (bicyclic) bond motifs is 4. The summed E-state index contributed by atoms with van der Waals surface area (Å²) in [5.74, 6) is 0. The fraction of sp³-hybridized carbons (Fsp3) is 0.302. The molecule has 3 heteroatoms. The van der Waals surface area contributed by atoms with E-state index in [1.54, 1.807) is 0 Å². The number of aryl methyl sites for hydroxylation is 1. The van der Waals surface area contributed by atoms with Crippen LogP contribution in [0.4, 0.5) is 34.1 Å². The molecule has 2 aliphatic rings. The second-order valence-electron chi connectivity index (χ2n) is 15.8. The third kappa shape index (κ3) is 4.96. The molecule has 0 aliphatic carbocycles. The first kappa shape index (κ1) is 21.5. The van der Waals surface area contributed by atoms with Crippen molar-refractivity contribution < 1.29 is 12.3 Å². The number of benzene rings is 5. The summed E-state index contributed by atoms with van der Waals surface area (Å²) in [6, 6.07) is 13.1. The van der Waals surface area contributed by atoms with Crippen molar-refractivity contribution in [2.24, 2.45) is 0 Å². The number of hydrogen-bond donors (Lipinski definition) is 0. The lowest BCUT2D eigenvalue weighted by molar-refractivity contribution is 0.568. The number of hydrogen-bond acceptors (Lipinski definition) is 2. The van der Waals surface area contributed by atoms with Crippen LogP contribution in [0.5, 0.6) is 0 Å². The predicted molar refractivity (Wildman–Crippen MR) is 201 cm³/mol. The molecule has 0 N–H and O–H groups in total. The highest BCUT2D eigenvalue weighted by atomic mass is 15.2. The van der Waals surface area contributed by atoms with Crippen molar-refractivity contribution in [3.8, 4) is 0 Å². The van der Waals surface area contributed by atoms with Gasteiger partial charge < -0.3 is 9.80 Å². The molecule has 0 saturated carbocycles. The first-order valence-corrected chi connectivity index (χ1v) is 16.1. The average molecular weight is 612 g/mol. The normalized spacial score (nSPS) is 16.9. The highest BCUT2D eigenvalue weighted by Gasteiger charge is 2.44. The molecule has 0 saturated heterocycles. The van der Waals surface area contributed by atoms with Gasteiger partial charge in [-0.15, -0.1) is 0 Å². The molecule has 0 radical (unpaired) electrons. The molecule has 0 atom stereocenters. The number of rotatable bonds is 2. The summed E-state index contributed by atoms with van der Waals surface area (Å²) in [5, 5.41) is 0. The Balaban J connectivity index is 1.71. The zero-order valence-corrected chi connectivity index (χ0v) is 28.6. The van der Waals surface area contributed by atoms with Gasteiger partial charge in [0.25, 0.3) is 6.71 Å². The summed E-state index contributed by atoms with van der Waals surface area (Å²) < 4.78 is 80.5. The molecule has 2 heterocycles. The molecular weight excluding hydrogens is 555 g/mol. The van der Waals surface area contributed by atoms with Gasteiger partial charge in [0.1, 0.15) is 0 Å². The van der Waals surface area contributed by atoms with E-state index < -0.39 is 49.0 Å². The van der Waals surface area contributed by atoms with E-state index >= 15 is 0 Å². The second kappa shape index (κ2) is 10.4. The van der Waals surface area contributed by atoms with Crippen molar-refractivity contribution in [2.75, 3.05) is 9.80 Å². The Bertz CT molecular complexity index is 2410. The van der Waals surface area contributed by atoms with E-state index in [-0.39, 0.29) is 39.7 Å². The van der Waals surface area contributed by atoms with E-state index in [0.717, 1.165) is 50.2 Å². The molecule has 7 rings (SSSR count). The molecule has 0 spiro atoms. The molecule has 0 bridgehead atoms. The lowest BCUT2D eigenvalue weighted by Gasteiger charge is -2.45. The molecular formula is C43H47BN2. The zero-order chi connectivity index (χ0) is 40.6. The minimum atomic E-state index is -0.677. The number of para-hydroxylation sites is 2. The van der Waals surface area contributed by atoms with Crippen LogP contribution in [0.25, 0.3) is 0 Å². The molecule has 232 valence electrons. The summed E-state index contributed by atoms with van der Waals surface area (Å²) in [6.45, 7) is 20.9. The maximum atomic E-state index is 9.50. The maximum Gasteiger partial charge on any atom is 0.252 e. The Kier molecular flexibility index (Phi) is 4.87. The fourth-order valence-corrected chi connectivity index (χ4v) is 6.76. The van der Waals surface area contributed by atoms with E-state index in [1.165, 1.54) is 4.90 Å². The molecule has 5 aromatic rings. The quantitative estimate of drug-likeness (QED) is 0.180. The number of nitrogens with zero attached hydrogens (tertiary/aromatic N) is 2. The molecule has 46 heavy (non-hydrogen) atoms. The van der Waals surface area contributed by atoms with Crippen LogP contribution in [-0.2, 0) is 16.2 Å². The molecule has 0 aromatic heterocycles. The third-order valence-corrected chi connectivity index (χ3v) is 9.32. The lowest BCUT2D eigenvalue weighted by Crippen LogP contribution is -2.61. The van der Waals surface area contributed by atoms with Gasteiger partial charge in [0.2, 0.25) is 0 Å². The first-order chi connectivity index (χ1) is 25.4. The summed E-state index contributed by atoms with van der Waals surface area (Å²) in [5.41, 5.74) is 8.46. The minimum absolute atomic E-state index is 0.0730. The SMILES string of the molecule is [2H]c1c([2H])c([2H])c(N2c3cc(C)cc4c3B(c3cc(C(C)(C)C)ccc3N4c3cc(C(C)(C)C)cc(C(C)(C)C)c3)c3c([2H])c([2H])c([2H])c([2H])c32)c([2H])c1[2H].